The summed E-state index contributed by atoms with van der Waals surface area (Å²) in [6.45, 7) is 0.526. The molecule has 0 bridgehead atoms. The first kappa shape index (κ1) is 17.6. The van der Waals surface area contributed by atoms with Crippen LogP contribution >= 0.6 is 11.6 Å². The molecule has 0 spiro atoms. The molecule has 1 aromatic heterocycles. The van der Waals surface area contributed by atoms with Crippen LogP contribution in [0.15, 0.2) is 11.2 Å². The highest BCUT2D eigenvalue weighted by atomic mass is 35.5. The zero-order chi connectivity index (χ0) is 17.5. The molecule has 1 aromatic rings. The fourth-order valence-corrected chi connectivity index (χ4v) is 2.54. The zero-order valence-corrected chi connectivity index (χ0v) is 12.7. The van der Waals surface area contributed by atoms with E-state index in [2.05, 4.69) is 15.0 Å². The molecular formula is C12H13ClF3N5O2. The van der Waals surface area contributed by atoms with E-state index < -0.39 is 29.4 Å². The molecule has 2 rings (SSSR count). The SMILES string of the molecule is CC1(CN=[N+]=[N-])COc2c1cc(C(O)(CN)C(F)(F)F)nc2Cl. The van der Waals surface area contributed by atoms with Crippen LogP contribution in [0.1, 0.15) is 18.2 Å². The molecule has 0 aromatic carbocycles. The van der Waals surface area contributed by atoms with Gasteiger partial charge >= 0.3 is 6.18 Å². The van der Waals surface area contributed by atoms with Crippen LogP contribution in [0.5, 0.6) is 5.75 Å². The number of hydrogen-bond acceptors (Lipinski definition) is 5. The summed E-state index contributed by atoms with van der Waals surface area (Å²) in [5.41, 5.74) is 8.89. The Morgan fingerprint density at radius 1 is 1.61 bits per heavy atom. The van der Waals surface area contributed by atoms with Gasteiger partial charge in [-0.1, -0.05) is 23.6 Å². The molecule has 0 saturated carbocycles. The number of rotatable bonds is 4. The first-order valence-electron chi connectivity index (χ1n) is 6.43. The van der Waals surface area contributed by atoms with E-state index in [-0.39, 0.29) is 29.6 Å². The molecule has 0 saturated heterocycles. The number of fused-ring (bicyclic) bond motifs is 1. The van der Waals surface area contributed by atoms with Crippen molar-refractivity contribution >= 4 is 11.6 Å². The highest BCUT2D eigenvalue weighted by Gasteiger charge is 2.56. The van der Waals surface area contributed by atoms with Crippen molar-refractivity contribution in [1.82, 2.24) is 4.98 Å². The Labute approximate surface area is 133 Å². The second-order valence-corrected chi connectivity index (χ2v) is 5.83. The van der Waals surface area contributed by atoms with Gasteiger partial charge in [-0.3, -0.25) is 0 Å². The number of hydrogen-bond donors (Lipinski definition) is 2. The maximum Gasteiger partial charge on any atom is 0.424 e. The Morgan fingerprint density at radius 3 is 2.78 bits per heavy atom. The lowest BCUT2D eigenvalue weighted by Crippen LogP contribution is -2.49. The molecule has 7 nitrogen and oxygen atoms in total. The van der Waals surface area contributed by atoms with Crippen molar-refractivity contribution in [3.05, 3.63) is 32.9 Å². The normalized spacial score (nSPS) is 22.7. The number of alkyl halides is 3. The molecule has 126 valence electrons. The van der Waals surface area contributed by atoms with Gasteiger partial charge in [0, 0.05) is 29.0 Å². The molecule has 0 aliphatic carbocycles. The van der Waals surface area contributed by atoms with Crippen molar-refractivity contribution < 1.29 is 23.0 Å². The quantitative estimate of drug-likeness (QED) is 0.375. The van der Waals surface area contributed by atoms with E-state index in [0.29, 0.717) is 0 Å². The third-order valence-electron chi connectivity index (χ3n) is 3.79. The van der Waals surface area contributed by atoms with Gasteiger partial charge in [0.1, 0.15) is 0 Å². The van der Waals surface area contributed by atoms with E-state index in [9.17, 15) is 18.3 Å². The Morgan fingerprint density at radius 2 is 2.26 bits per heavy atom. The summed E-state index contributed by atoms with van der Waals surface area (Å²) in [5, 5.41) is 13.1. The van der Waals surface area contributed by atoms with Crippen LogP contribution in [0.25, 0.3) is 10.4 Å². The monoisotopic (exact) mass is 351 g/mol. The Bertz CT molecular complexity index is 679. The summed E-state index contributed by atoms with van der Waals surface area (Å²) in [4.78, 5) is 6.22. The number of ether oxygens (including phenoxy) is 1. The Hall–Kier alpha value is -1.74. The average molecular weight is 352 g/mol. The first-order valence-corrected chi connectivity index (χ1v) is 6.81. The van der Waals surface area contributed by atoms with E-state index in [4.69, 9.17) is 27.6 Å². The van der Waals surface area contributed by atoms with Crippen molar-refractivity contribution in [2.24, 2.45) is 10.8 Å². The van der Waals surface area contributed by atoms with Crippen molar-refractivity contribution in [3.63, 3.8) is 0 Å². The minimum atomic E-state index is -5.03. The van der Waals surface area contributed by atoms with Crippen LogP contribution in [0.3, 0.4) is 0 Å². The van der Waals surface area contributed by atoms with Crippen molar-refractivity contribution in [2.45, 2.75) is 24.1 Å². The summed E-state index contributed by atoms with van der Waals surface area (Å²) in [5.74, 6) is 0.104. The van der Waals surface area contributed by atoms with Crippen LogP contribution in [-0.2, 0) is 11.0 Å². The number of nitrogens with two attached hydrogens (primary N) is 1. The van der Waals surface area contributed by atoms with Crippen LogP contribution < -0.4 is 10.5 Å². The van der Waals surface area contributed by atoms with E-state index in [1.54, 1.807) is 6.92 Å². The third kappa shape index (κ3) is 2.78. The molecule has 11 heteroatoms. The van der Waals surface area contributed by atoms with Crippen LogP contribution in [0.4, 0.5) is 13.2 Å². The molecule has 0 amide bonds. The molecule has 1 aliphatic rings. The van der Waals surface area contributed by atoms with Gasteiger partial charge in [0.2, 0.25) is 5.60 Å². The van der Waals surface area contributed by atoms with Gasteiger partial charge < -0.3 is 15.6 Å². The van der Waals surface area contributed by atoms with Crippen LogP contribution in [0.2, 0.25) is 5.15 Å². The summed E-state index contributed by atoms with van der Waals surface area (Å²) < 4.78 is 44.8. The second-order valence-electron chi connectivity index (χ2n) is 5.48. The molecule has 0 radical (unpaired) electrons. The minimum Gasteiger partial charge on any atom is -0.489 e. The van der Waals surface area contributed by atoms with Crippen molar-refractivity contribution in [1.29, 1.82) is 0 Å². The number of aromatic nitrogens is 1. The summed E-state index contributed by atoms with van der Waals surface area (Å²) >= 11 is 5.89. The minimum absolute atomic E-state index is 0.0522. The van der Waals surface area contributed by atoms with Crippen LogP contribution in [0, 0.1) is 0 Å². The average Bonchev–Trinajstić information content (AvgIpc) is 2.81. The fraction of sp³-hybridized carbons (Fsp3) is 0.583. The maximum absolute atomic E-state index is 13.2. The fourth-order valence-electron chi connectivity index (χ4n) is 2.29. The van der Waals surface area contributed by atoms with Gasteiger partial charge in [0.15, 0.2) is 10.9 Å². The summed E-state index contributed by atoms with van der Waals surface area (Å²) in [6.07, 6.45) is -5.03. The molecular weight excluding hydrogens is 339 g/mol. The molecule has 2 atom stereocenters. The number of nitrogens with zero attached hydrogens (tertiary/aromatic N) is 4. The molecule has 3 N–H and O–H groups in total. The standard InChI is InChI=1S/C12H13ClF3N5O2/c1-10(4-19-21-18)5-23-8-6(10)2-7(20-9(8)13)11(22,3-17)12(14,15)16/h2,22H,3-5,17H2,1H3. The lowest BCUT2D eigenvalue weighted by Gasteiger charge is -2.29. The Balaban J connectivity index is 2.62. The number of azide groups is 1. The number of pyridine rings is 1. The summed E-state index contributed by atoms with van der Waals surface area (Å²) in [7, 11) is 0. The number of halogens is 4. The Kier molecular flexibility index (Phi) is 4.38. The topological polar surface area (TPSA) is 117 Å². The summed E-state index contributed by atoms with van der Waals surface area (Å²) in [6, 6.07) is 1.04. The highest BCUT2D eigenvalue weighted by molar-refractivity contribution is 6.31. The lowest BCUT2D eigenvalue weighted by molar-refractivity contribution is -0.263. The smallest absolute Gasteiger partial charge is 0.424 e. The third-order valence-corrected chi connectivity index (χ3v) is 4.04. The first-order chi connectivity index (χ1) is 10.6. The van der Waals surface area contributed by atoms with Gasteiger partial charge in [-0.2, -0.15) is 13.2 Å². The molecule has 23 heavy (non-hydrogen) atoms. The molecule has 2 unspecified atom stereocenters. The van der Waals surface area contributed by atoms with Gasteiger partial charge in [0.25, 0.3) is 0 Å². The highest BCUT2D eigenvalue weighted by Crippen LogP contribution is 2.46. The predicted octanol–water partition coefficient (Wildman–Crippen LogP) is 2.40. The molecule has 2 heterocycles. The van der Waals surface area contributed by atoms with E-state index in [0.717, 1.165) is 6.07 Å². The second kappa shape index (κ2) is 5.72. The van der Waals surface area contributed by atoms with Crippen LogP contribution in [-0.4, -0.2) is 36.0 Å². The van der Waals surface area contributed by atoms with Crippen molar-refractivity contribution in [3.8, 4) is 5.75 Å². The zero-order valence-electron chi connectivity index (χ0n) is 11.9. The maximum atomic E-state index is 13.2. The lowest BCUT2D eigenvalue weighted by atomic mass is 9.83. The predicted molar refractivity (Wildman–Crippen MR) is 75.1 cm³/mol. The van der Waals surface area contributed by atoms with E-state index in [1.165, 1.54) is 0 Å². The van der Waals surface area contributed by atoms with E-state index >= 15 is 0 Å². The van der Waals surface area contributed by atoms with Crippen molar-refractivity contribution in [2.75, 3.05) is 19.7 Å². The van der Waals surface area contributed by atoms with Gasteiger partial charge in [0.05, 0.1) is 12.3 Å². The number of aliphatic hydroxyl groups is 1. The molecule has 0 fully saturated rings. The van der Waals surface area contributed by atoms with E-state index in [1.807, 2.05) is 0 Å². The van der Waals surface area contributed by atoms with Gasteiger partial charge in [-0.25, -0.2) is 4.98 Å². The molecule has 1 aliphatic heterocycles. The van der Waals surface area contributed by atoms with Gasteiger partial charge in [-0.05, 0) is 11.6 Å². The largest absolute Gasteiger partial charge is 0.489 e. The van der Waals surface area contributed by atoms with Gasteiger partial charge in [-0.15, -0.1) is 0 Å².